The Bertz CT molecular complexity index is 403. The second kappa shape index (κ2) is 4.61. The average Bonchev–Trinajstić information content (AvgIpc) is 2.47. The first kappa shape index (κ1) is 11.1. The molecule has 2 rings (SSSR count). The molecule has 0 radical (unpaired) electrons. The summed E-state index contributed by atoms with van der Waals surface area (Å²) in [7, 11) is 0. The van der Waals surface area contributed by atoms with Crippen LogP contribution in [0.2, 0.25) is 0 Å². The van der Waals surface area contributed by atoms with Crippen LogP contribution in [-0.2, 0) is 17.8 Å². The molecule has 0 aliphatic carbocycles. The summed E-state index contributed by atoms with van der Waals surface area (Å²) in [4.78, 5) is 11.4. The van der Waals surface area contributed by atoms with Gasteiger partial charge in [-0.15, -0.1) is 0 Å². The number of carbonyl (C=O) groups is 1. The number of carbonyl (C=O) groups excluding carboxylic acids is 1. The van der Waals surface area contributed by atoms with Crippen molar-refractivity contribution >= 4 is 5.97 Å². The van der Waals surface area contributed by atoms with E-state index in [1.165, 1.54) is 0 Å². The van der Waals surface area contributed by atoms with E-state index in [1.807, 2.05) is 0 Å². The monoisotopic (exact) mass is 227 g/mol. The Hall–Kier alpha value is -1.43. The fraction of sp³-hybridized carbons (Fsp3) is 0.600. The Morgan fingerprint density at radius 1 is 1.69 bits per heavy atom. The maximum absolute atomic E-state index is 13.8. The Kier molecular flexibility index (Phi) is 3.19. The molecule has 16 heavy (non-hydrogen) atoms. The Balaban J connectivity index is 2.31. The molecule has 0 amide bonds. The Labute approximate surface area is 92.6 Å². The normalized spacial score (nSPS) is 15.4. The minimum Gasteiger partial charge on any atom is -0.461 e. The molecule has 6 heteroatoms. The van der Waals surface area contributed by atoms with Gasteiger partial charge in [-0.05, 0) is 19.9 Å². The van der Waals surface area contributed by atoms with E-state index in [2.05, 4.69) is 10.4 Å². The van der Waals surface area contributed by atoms with Crippen molar-refractivity contribution in [3.05, 3.63) is 17.2 Å². The predicted octanol–water partition coefficient (Wildman–Crippen LogP) is 0.692. The molecule has 88 valence electrons. The number of halogens is 1. The molecule has 1 aromatic heterocycles. The largest absolute Gasteiger partial charge is 0.461 e. The highest BCUT2D eigenvalue weighted by Gasteiger charge is 2.24. The quantitative estimate of drug-likeness (QED) is 0.755. The van der Waals surface area contributed by atoms with Gasteiger partial charge in [0.1, 0.15) is 0 Å². The van der Waals surface area contributed by atoms with E-state index >= 15 is 0 Å². The second-order valence-electron chi connectivity index (χ2n) is 3.58. The first-order chi connectivity index (χ1) is 7.74. The van der Waals surface area contributed by atoms with Crippen LogP contribution < -0.4 is 5.32 Å². The number of ether oxygens (including phenoxy) is 1. The molecule has 1 aromatic rings. The SMILES string of the molecule is CCOC(=O)c1nn2c(c1F)CNCCC2. The molecule has 1 aliphatic rings. The molecule has 0 bridgehead atoms. The van der Waals surface area contributed by atoms with E-state index in [0.717, 1.165) is 13.0 Å². The standard InChI is InChI=1S/C10H14FN3O2/c1-2-16-10(15)9-8(11)7-6-12-4-3-5-14(7)13-9/h12H,2-6H2,1H3. The summed E-state index contributed by atoms with van der Waals surface area (Å²) in [6.45, 7) is 3.76. The topological polar surface area (TPSA) is 56.1 Å². The smallest absolute Gasteiger partial charge is 0.361 e. The van der Waals surface area contributed by atoms with E-state index in [1.54, 1.807) is 11.6 Å². The first-order valence-corrected chi connectivity index (χ1v) is 5.37. The van der Waals surface area contributed by atoms with Crippen LogP contribution in [0.4, 0.5) is 4.39 Å². The van der Waals surface area contributed by atoms with Gasteiger partial charge in [0, 0.05) is 13.1 Å². The predicted molar refractivity (Wildman–Crippen MR) is 54.5 cm³/mol. The Morgan fingerprint density at radius 2 is 2.50 bits per heavy atom. The molecular weight excluding hydrogens is 213 g/mol. The second-order valence-corrected chi connectivity index (χ2v) is 3.58. The number of fused-ring (bicyclic) bond motifs is 1. The van der Waals surface area contributed by atoms with Crippen molar-refractivity contribution in [2.45, 2.75) is 26.4 Å². The summed E-state index contributed by atoms with van der Waals surface area (Å²) in [6.07, 6.45) is 0.871. The molecule has 0 atom stereocenters. The molecular formula is C10H14FN3O2. The van der Waals surface area contributed by atoms with E-state index in [-0.39, 0.29) is 12.3 Å². The minimum atomic E-state index is -0.694. The average molecular weight is 227 g/mol. The lowest BCUT2D eigenvalue weighted by atomic mass is 10.3. The van der Waals surface area contributed by atoms with E-state index in [9.17, 15) is 9.18 Å². The number of aryl methyl sites for hydroxylation is 1. The van der Waals surface area contributed by atoms with Crippen molar-refractivity contribution in [1.82, 2.24) is 15.1 Å². The van der Waals surface area contributed by atoms with Gasteiger partial charge in [-0.2, -0.15) is 5.10 Å². The van der Waals surface area contributed by atoms with Gasteiger partial charge in [0.15, 0.2) is 5.82 Å². The zero-order chi connectivity index (χ0) is 11.5. The molecule has 0 fully saturated rings. The van der Waals surface area contributed by atoms with Crippen molar-refractivity contribution in [2.75, 3.05) is 13.2 Å². The molecule has 0 unspecified atom stereocenters. The van der Waals surface area contributed by atoms with E-state index in [0.29, 0.717) is 18.8 Å². The van der Waals surface area contributed by atoms with Gasteiger partial charge in [-0.3, -0.25) is 4.68 Å². The lowest BCUT2D eigenvalue weighted by Crippen LogP contribution is -2.13. The summed E-state index contributed by atoms with van der Waals surface area (Å²) >= 11 is 0. The van der Waals surface area contributed by atoms with Crippen molar-refractivity contribution in [2.24, 2.45) is 0 Å². The maximum Gasteiger partial charge on any atom is 0.361 e. The zero-order valence-electron chi connectivity index (χ0n) is 9.12. The highest BCUT2D eigenvalue weighted by Crippen LogP contribution is 2.15. The lowest BCUT2D eigenvalue weighted by molar-refractivity contribution is 0.0513. The molecule has 1 aliphatic heterocycles. The molecule has 0 aromatic carbocycles. The minimum absolute atomic E-state index is 0.208. The number of nitrogens with one attached hydrogen (secondary N) is 1. The highest BCUT2D eigenvalue weighted by molar-refractivity contribution is 5.87. The van der Waals surface area contributed by atoms with Crippen molar-refractivity contribution in [3.8, 4) is 0 Å². The third kappa shape index (κ3) is 1.92. The summed E-state index contributed by atoms with van der Waals surface area (Å²) in [5, 5.41) is 7.03. The van der Waals surface area contributed by atoms with Crippen LogP contribution >= 0.6 is 0 Å². The van der Waals surface area contributed by atoms with Crippen LogP contribution in [0.15, 0.2) is 0 Å². The molecule has 2 heterocycles. The van der Waals surface area contributed by atoms with Crippen molar-refractivity contribution in [1.29, 1.82) is 0 Å². The summed E-state index contributed by atoms with van der Waals surface area (Å²) in [5.41, 5.74) is 0.223. The van der Waals surface area contributed by atoms with Gasteiger partial charge in [-0.25, -0.2) is 9.18 Å². The van der Waals surface area contributed by atoms with Crippen LogP contribution in [0.3, 0.4) is 0 Å². The number of hydrogen-bond donors (Lipinski definition) is 1. The number of hydrogen-bond acceptors (Lipinski definition) is 4. The molecule has 0 saturated heterocycles. The van der Waals surface area contributed by atoms with Gasteiger partial charge >= 0.3 is 5.97 Å². The third-order valence-corrected chi connectivity index (χ3v) is 2.48. The first-order valence-electron chi connectivity index (χ1n) is 5.37. The highest BCUT2D eigenvalue weighted by atomic mass is 19.1. The fourth-order valence-corrected chi connectivity index (χ4v) is 1.72. The summed E-state index contributed by atoms with van der Waals surface area (Å²) in [6, 6.07) is 0. The Morgan fingerprint density at radius 3 is 3.25 bits per heavy atom. The van der Waals surface area contributed by atoms with Crippen LogP contribution in [0.25, 0.3) is 0 Å². The van der Waals surface area contributed by atoms with Crippen LogP contribution in [0.5, 0.6) is 0 Å². The summed E-state index contributed by atoms with van der Waals surface area (Å²) < 4.78 is 20.1. The van der Waals surface area contributed by atoms with Crippen LogP contribution in [0.1, 0.15) is 29.5 Å². The van der Waals surface area contributed by atoms with Gasteiger partial charge in [0.25, 0.3) is 0 Å². The number of rotatable bonds is 2. The number of esters is 1. The molecule has 1 N–H and O–H groups in total. The van der Waals surface area contributed by atoms with Crippen LogP contribution in [-0.4, -0.2) is 28.9 Å². The molecule has 5 nitrogen and oxygen atoms in total. The zero-order valence-corrected chi connectivity index (χ0v) is 9.12. The van der Waals surface area contributed by atoms with E-state index < -0.39 is 11.8 Å². The summed E-state index contributed by atoms with van der Waals surface area (Å²) in [5.74, 6) is -1.26. The van der Waals surface area contributed by atoms with Crippen molar-refractivity contribution in [3.63, 3.8) is 0 Å². The number of aromatic nitrogens is 2. The lowest BCUT2D eigenvalue weighted by Gasteiger charge is -1.98. The van der Waals surface area contributed by atoms with Gasteiger partial charge in [0.05, 0.1) is 12.3 Å². The van der Waals surface area contributed by atoms with Gasteiger partial charge in [0.2, 0.25) is 5.69 Å². The third-order valence-electron chi connectivity index (χ3n) is 2.48. The number of nitrogens with zero attached hydrogens (tertiary/aromatic N) is 2. The van der Waals surface area contributed by atoms with Crippen molar-refractivity contribution < 1.29 is 13.9 Å². The van der Waals surface area contributed by atoms with Gasteiger partial charge in [-0.1, -0.05) is 0 Å². The fourth-order valence-electron chi connectivity index (χ4n) is 1.72. The van der Waals surface area contributed by atoms with Gasteiger partial charge < -0.3 is 10.1 Å². The molecule has 0 spiro atoms. The van der Waals surface area contributed by atoms with Crippen LogP contribution in [0, 0.1) is 5.82 Å². The van der Waals surface area contributed by atoms with E-state index in [4.69, 9.17) is 4.74 Å². The maximum atomic E-state index is 13.8. The molecule has 0 saturated carbocycles.